The molecular formula is C14H16FNOS. The van der Waals surface area contributed by atoms with Gasteiger partial charge in [-0.2, -0.15) is 0 Å². The smallest absolute Gasteiger partial charge is 0.123 e. The van der Waals surface area contributed by atoms with Crippen molar-refractivity contribution in [3.8, 4) is 5.75 Å². The number of nitrogens with one attached hydrogen (secondary N) is 1. The molecule has 0 aliphatic heterocycles. The first-order chi connectivity index (χ1) is 8.75. The normalized spacial score (nSPS) is 10.6. The lowest BCUT2D eigenvalue weighted by atomic mass is 10.2. The molecule has 1 aromatic carbocycles. The molecule has 2 aromatic rings. The van der Waals surface area contributed by atoms with Gasteiger partial charge in [-0.05, 0) is 42.1 Å². The average Bonchev–Trinajstić information content (AvgIpc) is 2.84. The van der Waals surface area contributed by atoms with Gasteiger partial charge in [0.05, 0.1) is 0 Å². The van der Waals surface area contributed by atoms with E-state index in [-0.39, 0.29) is 5.82 Å². The Balaban J connectivity index is 1.69. The summed E-state index contributed by atoms with van der Waals surface area (Å²) in [6.07, 6.45) is 0. The van der Waals surface area contributed by atoms with Crippen LogP contribution in [0.2, 0.25) is 0 Å². The fraction of sp³-hybridized carbons (Fsp3) is 0.286. The van der Waals surface area contributed by atoms with Crippen LogP contribution in [0.4, 0.5) is 4.39 Å². The Morgan fingerprint density at radius 2 is 2.22 bits per heavy atom. The molecule has 0 bridgehead atoms. The van der Waals surface area contributed by atoms with Gasteiger partial charge in [0.1, 0.15) is 18.2 Å². The fourth-order valence-electron chi connectivity index (χ4n) is 1.63. The van der Waals surface area contributed by atoms with Crippen LogP contribution in [-0.2, 0) is 6.54 Å². The van der Waals surface area contributed by atoms with Gasteiger partial charge in [-0.25, -0.2) is 4.39 Å². The number of hydrogen-bond acceptors (Lipinski definition) is 3. The molecule has 2 rings (SSSR count). The van der Waals surface area contributed by atoms with Gasteiger partial charge < -0.3 is 10.1 Å². The zero-order valence-corrected chi connectivity index (χ0v) is 11.1. The van der Waals surface area contributed by atoms with E-state index >= 15 is 0 Å². The highest BCUT2D eigenvalue weighted by atomic mass is 32.1. The molecule has 1 N–H and O–H groups in total. The number of thiophene rings is 1. The lowest BCUT2D eigenvalue weighted by Crippen LogP contribution is -2.20. The van der Waals surface area contributed by atoms with Crippen LogP contribution in [0.3, 0.4) is 0 Å². The summed E-state index contributed by atoms with van der Waals surface area (Å²) >= 11 is 1.74. The van der Waals surface area contributed by atoms with E-state index in [2.05, 4.69) is 16.8 Å². The summed E-state index contributed by atoms with van der Waals surface area (Å²) in [5.41, 5.74) is 0.827. The zero-order chi connectivity index (χ0) is 12.8. The largest absolute Gasteiger partial charge is 0.492 e. The van der Waals surface area contributed by atoms with Gasteiger partial charge in [-0.3, -0.25) is 0 Å². The number of ether oxygens (including phenoxy) is 1. The van der Waals surface area contributed by atoms with Crippen LogP contribution in [0.1, 0.15) is 10.4 Å². The van der Waals surface area contributed by atoms with Crippen molar-refractivity contribution in [2.24, 2.45) is 0 Å². The monoisotopic (exact) mass is 265 g/mol. The number of aryl methyl sites for hydroxylation is 1. The quantitative estimate of drug-likeness (QED) is 0.809. The molecule has 0 aliphatic carbocycles. The molecular weight excluding hydrogens is 249 g/mol. The predicted octanol–water partition coefficient (Wildman–Crippen LogP) is 3.36. The highest BCUT2D eigenvalue weighted by molar-refractivity contribution is 7.09. The second-order valence-corrected chi connectivity index (χ2v) is 5.05. The van der Waals surface area contributed by atoms with Crippen LogP contribution in [-0.4, -0.2) is 13.2 Å². The summed E-state index contributed by atoms with van der Waals surface area (Å²) in [7, 11) is 0. The maximum Gasteiger partial charge on any atom is 0.123 e. The molecule has 0 unspecified atom stereocenters. The summed E-state index contributed by atoms with van der Waals surface area (Å²) in [5, 5.41) is 5.37. The first-order valence-corrected chi connectivity index (χ1v) is 6.76. The van der Waals surface area contributed by atoms with Crippen molar-refractivity contribution < 1.29 is 9.13 Å². The summed E-state index contributed by atoms with van der Waals surface area (Å²) in [5.74, 6) is 0.519. The molecule has 4 heteroatoms. The molecule has 0 amide bonds. The minimum Gasteiger partial charge on any atom is -0.492 e. The van der Waals surface area contributed by atoms with E-state index in [9.17, 15) is 4.39 Å². The average molecular weight is 265 g/mol. The topological polar surface area (TPSA) is 21.3 Å². The van der Waals surface area contributed by atoms with E-state index < -0.39 is 0 Å². The van der Waals surface area contributed by atoms with Crippen molar-refractivity contribution in [1.82, 2.24) is 5.32 Å². The number of benzene rings is 1. The molecule has 0 spiro atoms. The minimum absolute atomic E-state index is 0.226. The molecule has 1 aromatic heterocycles. The van der Waals surface area contributed by atoms with Crippen molar-refractivity contribution in [2.75, 3.05) is 13.2 Å². The fourth-order valence-corrected chi connectivity index (χ4v) is 2.31. The summed E-state index contributed by atoms with van der Waals surface area (Å²) < 4.78 is 18.5. The van der Waals surface area contributed by atoms with Gasteiger partial charge in [-0.15, -0.1) is 11.3 Å². The number of halogens is 1. The third-order valence-electron chi connectivity index (χ3n) is 2.55. The maximum atomic E-state index is 12.9. The van der Waals surface area contributed by atoms with Gasteiger partial charge in [0.2, 0.25) is 0 Å². The van der Waals surface area contributed by atoms with Crippen molar-refractivity contribution >= 4 is 11.3 Å². The van der Waals surface area contributed by atoms with Crippen LogP contribution in [0.15, 0.2) is 35.7 Å². The Morgan fingerprint density at radius 1 is 1.33 bits per heavy atom. The second-order valence-electron chi connectivity index (χ2n) is 4.01. The molecule has 0 atom stereocenters. The van der Waals surface area contributed by atoms with E-state index in [4.69, 9.17) is 4.74 Å². The first-order valence-electron chi connectivity index (χ1n) is 5.88. The highest BCUT2D eigenvalue weighted by Crippen LogP contribution is 2.17. The van der Waals surface area contributed by atoms with E-state index in [1.807, 2.05) is 13.0 Å². The van der Waals surface area contributed by atoms with Crippen LogP contribution < -0.4 is 10.1 Å². The Morgan fingerprint density at radius 3 is 2.94 bits per heavy atom. The van der Waals surface area contributed by atoms with Crippen LogP contribution >= 0.6 is 11.3 Å². The van der Waals surface area contributed by atoms with Crippen LogP contribution in [0.25, 0.3) is 0 Å². The molecule has 0 saturated heterocycles. The van der Waals surface area contributed by atoms with Crippen molar-refractivity contribution in [3.05, 3.63) is 52.0 Å². The lowest BCUT2D eigenvalue weighted by Gasteiger charge is -2.09. The zero-order valence-electron chi connectivity index (χ0n) is 10.3. The molecule has 0 radical (unpaired) electrons. The lowest BCUT2D eigenvalue weighted by molar-refractivity contribution is 0.311. The number of hydrogen-bond donors (Lipinski definition) is 1. The van der Waals surface area contributed by atoms with E-state index in [1.165, 1.54) is 17.0 Å². The molecule has 18 heavy (non-hydrogen) atoms. The Hall–Kier alpha value is -1.39. The van der Waals surface area contributed by atoms with Crippen molar-refractivity contribution in [2.45, 2.75) is 13.5 Å². The molecule has 0 saturated carbocycles. The summed E-state index contributed by atoms with van der Waals surface area (Å²) in [4.78, 5) is 1.31. The van der Waals surface area contributed by atoms with Gasteiger partial charge in [0, 0.05) is 18.0 Å². The van der Waals surface area contributed by atoms with Crippen molar-refractivity contribution in [3.63, 3.8) is 0 Å². The molecule has 96 valence electrons. The van der Waals surface area contributed by atoms with Gasteiger partial charge in [-0.1, -0.05) is 6.07 Å². The van der Waals surface area contributed by atoms with E-state index in [0.29, 0.717) is 6.61 Å². The standard InChI is InChI=1S/C14H16FNOS/c1-11-9-12(15)4-5-14(11)17-7-6-16-10-13-3-2-8-18-13/h2-5,8-9,16H,6-7,10H2,1H3. The Kier molecular flexibility index (Phi) is 4.73. The Bertz CT molecular complexity index is 485. The molecule has 1 heterocycles. The third kappa shape index (κ3) is 3.82. The predicted molar refractivity (Wildman–Crippen MR) is 72.7 cm³/mol. The van der Waals surface area contributed by atoms with E-state index in [1.54, 1.807) is 17.4 Å². The van der Waals surface area contributed by atoms with Crippen LogP contribution in [0.5, 0.6) is 5.75 Å². The van der Waals surface area contributed by atoms with Crippen molar-refractivity contribution in [1.29, 1.82) is 0 Å². The molecule has 0 fully saturated rings. The number of rotatable bonds is 6. The van der Waals surface area contributed by atoms with Gasteiger partial charge in [0.15, 0.2) is 0 Å². The van der Waals surface area contributed by atoms with E-state index in [0.717, 1.165) is 24.4 Å². The second kappa shape index (κ2) is 6.52. The third-order valence-corrected chi connectivity index (χ3v) is 3.43. The van der Waals surface area contributed by atoms with Gasteiger partial charge >= 0.3 is 0 Å². The SMILES string of the molecule is Cc1cc(F)ccc1OCCNCc1cccs1. The molecule has 0 aliphatic rings. The van der Waals surface area contributed by atoms with Gasteiger partial charge in [0.25, 0.3) is 0 Å². The minimum atomic E-state index is -0.226. The summed E-state index contributed by atoms with van der Waals surface area (Å²) in [6, 6.07) is 8.71. The maximum absolute atomic E-state index is 12.9. The molecule has 2 nitrogen and oxygen atoms in total. The van der Waals surface area contributed by atoms with Crippen LogP contribution in [0, 0.1) is 12.7 Å². The first kappa shape index (κ1) is 13.1. The highest BCUT2D eigenvalue weighted by Gasteiger charge is 2.00. The Labute approximate surface area is 110 Å². The summed E-state index contributed by atoms with van der Waals surface area (Å²) in [6.45, 7) is 4.06.